The Balaban J connectivity index is 1.21. The van der Waals surface area contributed by atoms with Crippen molar-refractivity contribution in [3.8, 4) is 11.5 Å². The van der Waals surface area contributed by atoms with Gasteiger partial charge in [-0.1, -0.05) is 0 Å². The van der Waals surface area contributed by atoms with Crippen LogP contribution >= 0.6 is 22.7 Å². The van der Waals surface area contributed by atoms with E-state index in [0.29, 0.717) is 13.2 Å². The number of hydrogen-bond donors (Lipinski definition) is 0. The van der Waals surface area contributed by atoms with E-state index < -0.39 is 0 Å². The standard InChI is InChI=1S/C20H28N2O4S2/c1-13-27-19(15-21-3-7-23-8-4-21)17(1)25-11-12-26-18-2-14-28-20(18)16-22-5-9-24-10-6-22/h1-2,13-14H,3-12,15-16H2. The summed E-state index contributed by atoms with van der Waals surface area (Å²) in [6.07, 6.45) is 0. The summed E-state index contributed by atoms with van der Waals surface area (Å²) in [5.41, 5.74) is 0. The molecule has 2 aliphatic heterocycles. The predicted molar refractivity (Wildman–Crippen MR) is 112 cm³/mol. The van der Waals surface area contributed by atoms with Crippen LogP contribution in [0.4, 0.5) is 0 Å². The Morgan fingerprint density at radius 1 is 0.714 bits per heavy atom. The van der Waals surface area contributed by atoms with Gasteiger partial charge in [-0.15, -0.1) is 22.7 Å². The van der Waals surface area contributed by atoms with Gasteiger partial charge < -0.3 is 18.9 Å². The zero-order valence-corrected chi connectivity index (χ0v) is 17.8. The van der Waals surface area contributed by atoms with Gasteiger partial charge in [0.25, 0.3) is 0 Å². The highest BCUT2D eigenvalue weighted by atomic mass is 32.1. The van der Waals surface area contributed by atoms with E-state index in [1.54, 1.807) is 22.7 Å². The van der Waals surface area contributed by atoms with Gasteiger partial charge in [-0.05, 0) is 22.9 Å². The lowest BCUT2D eigenvalue weighted by Gasteiger charge is -2.26. The van der Waals surface area contributed by atoms with E-state index >= 15 is 0 Å². The van der Waals surface area contributed by atoms with Crippen LogP contribution in [-0.2, 0) is 22.6 Å². The normalized spacial score (nSPS) is 19.0. The molecule has 0 bridgehead atoms. The van der Waals surface area contributed by atoms with Gasteiger partial charge in [-0.2, -0.15) is 0 Å². The molecular weight excluding hydrogens is 396 g/mol. The summed E-state index contributed by atoms with van der Waals surface area (Å²) in [6.45, 7) is 10.2. The van der Waals surface area contributed by atoms with Crippen LogP contribution in [0.5, 0.6) is 11.5 Å². The molecule has 4 rings (SSSR count). The Morgan fingerprint density at radius 2 is 1.14 bits per heavy atom. The van der Waals surface area contributed by atoms with Gasteiger partial charge in [0.15, 0.2) is 0 Å². The third-order valence-electron chi connectivity index (χ3n) is 4.95. The van der Waals surface area contributed by atoms with Crippen molar-refractivity contribution in [2.75, 3.05) is 65.8 Å². The minimum atomic E-state index is 0.555. The van der Waals surface area contributed by atoms with Crippen molar-refractivity contribution in [1.82, 2.24) is 9.80 Å². The minimum absolute atomic E-state index is 0.555. The van der Waals surface area contributed by atoms with Crippen LogP contribution in [0.25, 0.3) is 0 Å². The summed E-state index contributed by atoms with van der Waals surface area (Å²) in [5.74, 6) is 1.97. The predicted octanol–water partition coefficient (Wildman–Crippen LogP) is 2.93. The van der Waals surface area contributed by atoms with Crippen molar-refractivity contribution in [2.24, 2.45) is 0 Å². The van der Waals surface area contributed by atoms with Crippen molar-refractivity contribution in [3.63, 3.8) is 0 Å². The van der Waals surface area contributed by atoms with Crippen LogP contribution in [0.2, 0.25) is 0 Å². The molecule has 0 radical (unpaired) electrons. The number of ether oxygens (including phenoxy) is 4. The zero-order valence-electron chi connectivity index (χ0n) is 16.1. The number of hydrogen-bond acceptors (Lipinski definition) is 8. The summed E-state index contributed by atoms with van der Waals surface area (Å²) in [4.78, 5) is 7.40. The second-order valence-corrected chi connectivity index (χ2v) is 8.89. The molecule has 154 valence electrons. The van der Waals surface area contributed by atoms with Crippen LogP contribution < -0.4 is 9.47 Å². The van der Waals surface area contributed by atoms with E-state index in [2.05, 4.69) is 32.7 Å². The lowest BCUT2D eigenvalue weighted by atomic mass is 10.3. The molecule has 8 heteroatoms. The van der Waals surface area contributed by atoms with Gasteiger partial charge in [0, 0.05) is 39.3 Å². The van der Waals surface area contributed by atoms with E-state index in [1.165, 1.54) is 9.75 Å². The lowest BCUT2D eigenvalue weighted by Crippen LogP contribution is -2.35. The molecule has 0 aliphatic carbocycles. The molecule has 2 aliphatic rings. The first-order chi connectivity index (χ1) is 13.9. The van der Waals surface area contributed by atoms with Crippen LogP contribution in [-0.4, -0.2) is 75.6 Å². The fourth-order valence-corrected chi connectivity index (χ4v) is 5.09. The molecule has 6 nitrogen and oxygen atoms in total. The molecule has 0 saturated carbocycles. The second-order valence-electron chi connectivity index (χ2n) is 6.89. The Labute approximate surface area is 174 Å². The first-order valence-corrected chi connectivity index (χ1v) is 11.6. The van der Waals surface area contributed by atoms with E-state index in [9.17, 15) is 0 Å². The van der Waals surface area contributed by atoms with Crippen LogP contribution in [0, 0.1) is 0 Å². The van der Waals surface area contributed by atoms with Gasteiger partial charge in [-0.25, -0.2) is 0 Å². The third kappa shape index (κ3) is 5.68. The van der Waals surface area contributed by atoms with E-state index in [1.807, 2.05) is 0 Å². The van der Waals surface area contributed by atoms with Gasteiger partial charge in [0.2, 0.25) is 0 Å². The fourth-order valence-electron chi connectivity index (χ4n) is 3.37. The number of nitrogens with zero attached hydrogens (tertiary/aromatic N) is 2. The molecule has 0 amide bonds. The Hall–Kier alpha value is -1.16. The van der Waals surface area contributed by atoms with Crippen LogP contribution in [0.1, 0.15) is 9.75 Å². The molecule has 2 aromatic heterocycles. The highest BCUT2D eigenvalue weighted by Gasteiger charge is 2.16. The lowest BCUT2D eigenvalue weighted by molar-refractivity contribution is 0.0340. The Morgan fingerprint density at radius 3 is 1.57 bits per heavy atom. The molecule has 2 aromatic rings. The smallest absolute Gasteiger partial charge is 0.134 e. The van der Waals surface area contributed by atoms with Crippen molar-refractivity contribution in [3.05, 3.63) is 32.6 Å². The maximum Gasteiger partial charge on any atom is 0.134 e. The first-order valence-electron chi connectivity index (χ1n) is 9.87. The third-order valence-corrected chi connectivity index (χ3v) is 6.72. The molecule has 2 saturated heterocycles. The highest BCUT2D eigenvalue weighted by Crippen LogP contribution is 2.28. The molecule has 0 spiro atoms. The van der Waals surface area contributed by atoms with Gasteiger partial charge >= 0.3 is 0 Å². The molecule has 0 aromatic carbocycles. The molecule has 4 heterocycles. The maximum atomic E-state index is 6.01. The van der Waals surface area contributed by atoms with Crippen molar-refractivity contribution in [2.45, 2.75) is 13.1 Å². The van der Waals surface area contributed by atoms with E-state index in [4.69, 9.17) is 18.9 Å². The van der Waals surface area contributed by atoms with Crippen molar-refractivity contribution in [1.29, 1.82) is 0 Å². The molecule has 0 N–H and O–H groups in total. The summed E-state index contributed by atoms with van der Waals surface area (Å²) >= 11 is 3.52. The van der Waals surface area contributed by atoms with E-state index in [0.717, 1.165) is 77.2 Å². The van der Waals surface area contributed by atoms with Crippen LogP contribution in [0.15, 0.2) is 22.9 Å². The SMILES string of the molecule is c1cc(OCCOc2ccsc2CN2CCOCC2)c(CN2CCOCC2)s1. The van der Waals surface area contributed by atoms with Gasteiger partial charge in [0.05, 0.1) is 36.2 Å². The quantitative estimate of drug-likeness (QED) is 0.577. The van der Waals surface area contributed by atoms with Crippen LogP contribution in [0.3, 0.4) is 0 Å². The Kier molecular flexibility index (Phi) is 7.60. The minimum Gasteiger partial charge on any atom is -0.489 e. The first kappa shape index (κ1) is 20.1. The zero-order chi connectivity index (χ0) is 19.0. The summed E-state index contributed by atoms with van der Waals surface area (Å²) < 4.78 is 22.9. The monoisotopic (exact) mass is 424 g/mol. The number of rotatable bonds is 9. The molecule has 0 atom stereocenters. The second kappa shape index (κ2) is 10.6. The topological polar surface area (TPSA) is 43.4 Å². The van der Waals surface area contributed by atoms with Crippen molar-refractivity contribution < 1.29 is 18.9 Å². The molecular formula is C20H28N2O4S2. The summed E-state index contributed by atoms with van der Waals surface area (Å²) in [7, 11) is 0. The average Bonchev–Trinajstić information content (AvgIpc) is 3.36. The maximum absolute atomic E-state index is 6.01. The molecule has 28 heavy (non-hydrogen) atoms. The fraction of sp³-hybridized carbons (Fsp3) is 0.600. The van der Waals surface area contributed by atoms with Gasteiger partial charge in [-0.3, -0.25) is 9.80 Å². The van der Waals surface area contributed by atoms with Gasteiger partial charge in [0.1, 0.15) is 24.7 Å². The molecule has 2 fully saturated rings. The summed E-state index contributed by atoms with van der Waals surface area (Å²) in [6, 6.07) is 4.13. The Bertz CT molecular complexity index is 648. The number of morpholine rings is 2. The highest BCUT2D eigenvalue weighted by molar-refractivity contribution is 7.10. The molecule has 0 unspecified atom stereocenters. The largest absolute Gasteiger partial charge is 0.489 e. The summed E-state index contributed by atoms with van der Waals surface area (Å²) in [5, 5.41) is 4.20. The number of thiophene rings is 2. The average molecular weight is 425 g/mol. The van der Waals surface area contributed by atoms with E-state index in [-0.39, 0.29) is 0 Å². The van der Waals surface area contributed by atoms with Crippen molar-refractivity contribution >= 4 is 22.7 Å².